The summed E-state index contributed by atoms with van der Waals surface area (Å²) in [5.74, 6) is -1.44. The number of anilines is 1. The minimum atomic E-state index is -4.51. The Morgan fingerprint density at radius 3 is 2.34 bits per heavy atom. The van der Waals surface area contributed by atoms with Crippen LogP contribution in [-0.2, 0) is 15.8 Å². The van der Waals surface area contributed by atoms with Crippen LogP contribution in [0.15, 0.2) is 48.7 Å². The highest BCUT2D eigenvalue weighted by atomic mass is 19.4. The normalized spacial score (nSPS) is 19.4. The van der Waals surface area contributed by atoms with Crippen LogP contribution in [0, 0.1) is 5.92 Å². The number of carbonyl (C=O) groups is 3. The van der Waals surface area contributed by atoms with Gasteiger partial charge in [-0.1, -0.05) is 12.1 Å². The van der Waals surface area contributed by atoms with E-state index in [0.717, 1.165) is 12.1 Å². The minimum absolute atomic E-state index is 0.0338. The van der Waals surface area contributed by atoms with Crippen molar-refractivity contribution in [3.63, 3.8) is 0 Å². The Bertz CT molecular complexity index is 1020. The van der Waals surface area contributed by atoms with Crippen molar-refractivity contribution in [3.05, 3.63) is 59.9 Å². The Balaban J connectivity index is 1.37. The van der Waals surface area contributed by atoms with Crippen LogP contribution in [0.1, 0.15) is 22.5 Å². The van der Waals surface area contributed by atoms with Gasteiger partial charge in [-0.25, -0.2) is 0 Å². The molecule has 1 aromatic carbocycles. The third-order valence-corrected chi connectivity index (χ3v) is 5.72. The first-order valence-electron chi connectivity index (χ1n) is 10.2. The standard InChI is InChI=1S/C22H21F3N4O3/c23-22(24,25)16-4-3-5-17(13-16)29-14-15(12-19(29)30)20(31)27-8-10-28(11-9-27)21(32)18-6-1-2-7-26-18/h1-7,13,15H,8-12,14H2/t15-/m0/s1. The summed E-state index contributed by atoms with van der Waals surface area (Å²) in [7, 11) is 0. The molecule has 10 heteroatoms. The van der Waals surface area contributed by atoms with Gasteiger partial charge in [0.05, 0.1) is 11.5 Å². The molecule has 0 N–H and O–H groups in total. The van der Waals surface area contributed by atoms with E-state index in [4.69, 9.17) is 0 Å². The molecule has 0 radical (unpaired) electrons. The molecule has 0 bridgehead atoms. The maximum atomic E-state index is 13.0. The maximum absolute atomic E-state index is 13.0. The van der Waals surface area contributed by atoms with E-state index >= 15 is 0 Å². The van der Waals surface area contributed by atoms with E-state index in [1.807, 2.05) is 0 Å². The average molecular weight is 446 g/mol. The largest absolute Gasteiger partial charge is 0.416 e. The van der Waals surface area contributed by atoms with Crippen LogP contribution in [0.5, 0.6) is 0 Å². The van der Waals surface area contributed by atoms with Crippen molar-refractivity contribution in [2.45, 2.75) is 12.6 Å². The number of hydrogen-bond donors (Lipinski definition) is 0. The van der Waals surface area contributed by atoms with Crippen LogP contribution in [-0.4, -0.2) is 65.2 Å². The molecule has 2 aliphatic heterocycles. The second-order valence-electron chi connectivity index (χ2n) is 7.79. The lowest BCUT2D eigenvalue weighted by Gasteiger charge is -2.35. The Kier molecular flexibility index (Phi) is 5.86. The molecule has 3 heterocycles. The first-order valence-corrected chi connectivity index (χ1v) is 10.2. The number of benzene rings is 1. The molecule has 0 spiro atoms. The lowest BCUT2D eigenvalue weighted by atomic mass is 10.1. The average Bonchev–Trinajstić information content (AvgIpc) is 3.20. The van der Waals surface area contributed by atoms with Crippen molar-refractivity contribution in [1.82, 2.24) is 14.8 Å². The zero-order chi connectivity index (χ0) is 22.9. The van der Waals surface area contributed by atoms with E-state index in [1.54, 1.807) is 34.2 Å². The summed E-state index contributed by atoms with van der Waals surface area (Å²) >= 11 is 0. The van der Waals surface area contributed by atoms with Crippen LogP contribution in [0.3, 0.4) is 0 Å². The third kappa shape index (κ3) is 4.44. The lowest BCUT2D eigenvalue weighted by molar-refractivity contribution is -0.138. The molecular formula is C22H21F3N4O3. The molecular weight excluding hydrogens is 425 g/mol. The van der Waals surface area contributed by atoms with Crippen molar-refractivity contribution < 1.29 is 27.6 Å². The molecule has 32 heavy (non-hydrogen) atoms. The van der Waals surface area contributed by atoms with Gasteiger partial charge >= 0.3 is 6.18 Å². The van der Waals surface area contributed by atoms with Crippen LogP contribution in [0.25, 0.3) is 0 Å². The molecule has 2 aromatic rings. The van der Waals surface area contributed by atoms with E-state index in [2.05, 4.69) is 4.98 Å². The molecule has 3 amide bonds. The second-order valence-corrected chi connectivity index (χ2v) is 7.79. The van der Waals surface area contributed by atoms with E-state index in [9.17, 15) is 27.6 Å². The van der Waals surface area contributed by atoms with Crippen LogP contribution in [0.2, 0.25) is 0 Å². The monoisotopic (exact) mass is 446 g/mol. The quantitative estimate of drug-likeness (QED) is 0.726. The molecule has 1 atom stereocenters. The van der Waals surface area contributed by atoms with Crippen molar-refractivity contribution in [1.29, 1.82) is 0 Å². The number of nitrogens with zero attached hydrogens (tertiary/aromatic N) is 4. The number of piperazine rings is 1. The number of aromatic nitrogens is 1. The van der Waals surface area contributed by atoms with E-state index < -0.39 is 17.7 Å². The number of alkyl halides is 3. The summed E-state index contributed by atoms with van der Waals surface area (Å²) in [6, 6.07) is 9.63. The smallest absolute Gasteiger partial charge is 0.339 e. The summed E-state index contributed by atoms with van der Waals surface area (Å²) in [6.45, 7) is 1.38. The molecule has 4 rings (SSSR count). The number of amides is 3. The molecule has 1 aromatic heterocycles. The third-order valence-electron chi connectivity index (χ3n) is 5.72. The summed E-state index contributed by atoms with van der Waals surface area (Å²) in [5.41, 5.74) is -0.373. The fraction of sp³-hybridized carbons (Fsp3) is 0.364. The fourth-order valence-electron chi connectivity index (χ4n) is 4.01. The highest BCUT2D eigenvalue weighted by Gasteiger charge is 2.39. The fourth-order valence-corrected chi connectivity index (χ4v) is 4.01. The van der Waals surface area contributed by atoms with Gasteiger partial charge in [-0.15, -0.1) is 0 Å². The predicted octanol–water partition coefficient (Wildman–Crippen LogP) is 2.44. The molecule has 7 nitrogen and oxygen atoms in total. The van der Waals surface area contributed by atoms with E-state index in [-0.39, 0.29) is 36.4 Å². The molecule has 0 unspecified atom stereocenters. The molecule has 2 aliphatic rings. The van der Waals surface area contributed by atoms with E-state index in [0.29, 0.717) is 31.9 Å². The van der Waals surface area contributed by atoms with Gasteiger partial charge in [0.25, 0.3) is 5.91 Å². The number of hydrogen-bond acceptors (Lipinski definition) is 4. The molecule has 2 fully saturated rings. The maximum Gasteiger partial charge on any atom is 0.416 e. The Labute approximate surface area is 182 Å². The Morgan fingerprint density at radius 2 is 1.69 bits per heavy atom. The predicted molar refractivity (Wildman–Crippen MR) is 109 cm³/mol. The van der Waals surface area contributed by atoms with E-state index in [1.165, 1.54) is 17.0 Å². The Hall–Kier alpha value is -3.43. The van der Waals surface area contributed by atoms with Gasteiger partial charge in [-0.2, -0.15) is 13.2 Å². The molecule has 0 aliphatic carbocycles. The SMILES string of the molecule is O=C(c1ccccn1)N1CCN(C(=O)[C@H]2CC(=O)N(c3cccc(C(F)(F)F)c3)C2)CC1. The van der Waals surface area contributed by atoms with Gasteiger partial charge in [-0.05, 0) is 30.3 Å². The van der Waals surface area contributed by atoms with Gasteiger partial charge in [-0.3, -0.25) is 19.4 Å². The summed E-state index contributed by atoms with van der Waals surface area (Å²) in [5, 5.41) is 0. The van der Waals surface area contributed by atoms with Crippen molar-refractivity contribution >= 4 is 23.4 Å². The zero-order valence-electron chi connectivity index (χ0n) is 17.1. The van der Waals surface area contributed by atoms with Crippen LogP contribution >= 0.6 is 0 Å². The molecule has 0 saturated carbocycles. The zero-order valence-corrected chi connectivity index (χ0v) is 17.1. The number of rotatable bonds is 3. The van der Waals surface area contributed by atoms with Crippen molar-refractivity contribution in [2.75, 3.05) is 37.6 Å². The summed E-state index contributed by atoms with van der Waals surface area (Å²) in [6.07, 6.45) is -3.02. The number of carbonyl (C=O) groups excluding carboxylic acids is 3. The number of halogens is 3. The van der Waals surface area contributed by atoms with Crippen molar-refractivity contribution in [3.8, 4) is 0 Å². The Morgan fingerprint density at radius 1 is 0.969 bits per heavy atom. The summed E-state index contributed by atoms with van der Waals surface area (Å²) in [4.78, 5) is 46.4. The number of pyridine rings is 1. The van der Waals surface area contributed by atoms with Gasteiger partial charge in [0, 0.05) is 51.0 Å². The van der Waals surface area contributed by atoms with Crippen LogP contribution < -0.4 is 4.90 Å². The molecule has 168 valence electrons. The van der Waals surface area contributed by atoms with Crippen LogP contribution in [0.4, 0.5) is 18.9 Å². The van der Waals surface area contributed by atoms with Gasteiger partial charge < -0.3 is 14.7 Å². The highest BCUT2D eigenvalue weighted by Crippen LogP contribution is 2.33. The van der Waals surface area contributed by atoms with Gasteiger partial charge in [0.15, 0.2) is 0 Å². The van der Waals surface area contributed by atoms with Crippen molar-refractivity contribution in [2.24, 2.45) is 5.92 Å². The summed E-state index contributed by atoms with van der Waals surface area (Å²) < 4.78 is 39.0. The van der Waals surface area contributed by atoms with Gasteiger partial charge in [0.1, 0.15) is 5.69 Å². The topological polar surface area (TPSA) is 73.8 Å². The minimum Gasteiger partial charge on any atom is -0.339 e. The lowest BCUT2D eigenvalue weighted by Crippen LogP contribution is -2.52. The highest BCUT2D eigenvalue weighted by molar-refractivity contribution is 6.00. The first kappa shape index (κ1) is 21.8. The van der Waals surface area contributed by atoms with Gasteiger partial charge in [0.2, 0.25) is 11.8 Å². The second kappa shape index (κ2) is 8.60. The first-order chi connectivity index (χ1) is 15.2. The molecule has 2 saturated heterocycles.